The van der Waals surface area contributed by atoms with Crippen LogP contribution in [-0.4, -0.2) is 5.78 Å². The second-order valence-electron chi connectivity index (χ2n) is 4.07. The summed E-state index contributed by atoms with van der Waals surface area (Å²) < 4.78 is 0. The van der Waals surface area contributed by atoms with Crippen molar-refractivity contribution in [2.24, 2.45) is 5.41 Å². The summed E-state index contributed by atoms with van der Waals surface area (Å²) in [6.45, 7) is 11.6. The molecular weight excluding hydrogens is 148 g/mol. The van der Waals surface area contributed by atoms with Crippen LogP contribution in [0.3, 0.4) is 0 Å². The molecule has 1 heteroatoms. The van der Waals surface area contributed by atoms with E-state index in [4.69, 9.17) is 0 Å². The third-order valence-electron chi connectivity index (χ3n) is 1.53. The Morgan fingerprint density at radius 3 is 2.25 bits per heavy atom. The van der Waals surface area contributed by atoms with Gasteiger partial charge in [-0.25, -0.2) is 0 Å². The van der Waals surface area contributed by atoms with Crippen molar-refractivity contribution in [3.8, 4) is 0 Å². The molecule has 0 atom stereocenters. The summed E-state index contributed by atoms with van der Waals surface area (Å²) in [6.07, 6.45) is 4.50. The van der Waals surface area contributed by atoms with E-state index in [0.717, 1.165) is 12.0 Å². The van der Waals surface area contributed by atoms with Gasteiger partial charge >= 0.3 is 0 Å². The number of hydrogen-bond acceptors (Lipinski definition) is 1. The molecular formula is C11H18O. The van der Waals surface area contributed by atoms with Crippen LogP contribution in [-0.2, 0) is 4.79 Å². The van der Waals surface area contributed by atoms with E-state index in [0.29, 0.717) is 0 Å². The van der Waals surface area contributed by atoms with Crippen molar-refractivity contribution in [3.63, 3.8) is 0 Å². The first-order chi connectivity index (χ1) is 5.33. The van der Waals surface area contributed by atoms with Gasteiger partial charge in [-0.05, 0) is 31.8 Å². The van der Waals surface area contributed by atoms with Crippen molar-refractivity contribution in [1.29, 1.82) is 0 Å². The average Bonchev–Trinajstić information content (AvgIpc) is 1.81. The van der Waals surface area contributed by atoms with Gasteiger partial charge in [-0.3, -0.25) is 4.79 Å². The molecule has 0 amide bonds. The lowest BCUT2D eigenvalue weighted by molar-refractivity contribution is -0.112. The van der Waals surface area contributed by atoms with Gasteiger partial charge in [0.1, 0.15) is 0 Å². The summed E-state index contributed by atoms with van der Waals surface area (Å²) in [4.78, 5) is 10.7. The molecule has 0 unspecified atom stereocenters. The fourth-order valence-corrected chi connectivity index (χ4v) is 1.18. The predicted molar refractivity (Wildman–Crippen MR) is 53.0 cm³/mol. The van der Waals surface area contributed by atoms with Crippen LogP contribution < -0.4 is 0 Å². The summed E-state index contributed by atoms with van der Waals surface area (Å²) in [7, 11) is 0. The van der Waals surface area contributed by atoms with Crippen molar-refractivity contribution in [2.75, 3.05) is 0 Å². The van der Waals surface area contributed by atoms with Gasteiger partial charge in [0, 0.05) is 0 Å². The molecule has 68 valence electrons. The van der Waals surface area contributed by atoms with Gasteiger partial charge in [-0.15, -0.1) is 6.58 Å². The Balaban J connectivity index is 4.21. The highest BCUT2D eigenvalue weighted by Gasteiger charge is 2.13. The third-order valence-corrected chi connectivity index (χ3v) is 1.53. The van der Waals surface area contributed by atoms with Crippen LogP contribution in [0.2, 0.25) is 0 Å². The van der Waals surface area contributed by atoms with Crippen molar-refractivity contribution in [1.82, 2.24) is 0 Å². The summed E-state index contributed by atoms with van der Waals surface area (Å²) in [5, 5.41) is 0. The maximum Gasteiger partial charge on any atom is 0.152 e. The molecule has 0 aliphatic rings. The number of ketones is 1. The molecule has 0 spiro atoms. The van der Waals surface area contributed by atoms with Crippen molar-refractivity contribution in [2.45, 2.75) is 34.1 Å². The Morgan fingerprint density at radius 2 is 1.92 bits per heavy atom. The first-order valence-electron chi connectivity index (χ1n) is 4.18. The zero-order chi connectivity index (χ0) is 9.78. The van der Waals surface area contributed by atoms with Crippen LogP contribution in [0, 0.1) is 5.41 Å². The van der Waals surface area contributed by atoms with Gasteiger partial charge in [0.25, 0.3) is 0 Å². The molecule has 0 aromatic rings. The lowest BCUT2D eigenvalue weighted by Gasteiger charge is -2.19. The highest BCUT2D eigenvalue weighted by molar-refractivity contribution is 5.87. The molecule has 0 aliphatic carbocycles. The summed E-state index contributed by atoms with van der Waals surface area (Å²) in [5.41, 5.74) is 1.20. The molecule has 0 rings (SSSR count). The molecule has 0 aromatic heterocycles. The molecule has 1 nitrogen and oxygen atoms in total. The predicted octanol–water partition coefficient (Wildman–Crippen LogP) is 3.12. The zero-order valence-electron chi connectivity index (χ0n) is 8.48. The van der Waals surface area contributed by atoms with E-state index in [2.05, 4.69) is 20.4 Å². The molecule has 0 fully saturated rings. The molecule has 0 heterocycles. The molecule has 0 saturated carbocycles. The van der Waals surface area contributed by atoms with E-state index in [1.807, 2.05) is 13.0 Å². The molecule has 0 aliphatic heterocycles. The molecule has 0 N–H and O–H groups in total. The first-order valence-corrected chi connectivity index (χ1v) is 4.18. The van der Waals surface area contributed by atoms with Gasteiger partial charge in [0.15, 0.2) is 5.78 Å². The van der Waals surface area contributed by atoms with Gasteiger partial charge in [0.05, 0.1) is 0 Å². The summed E-state index contributed by atoms with van der Waals surface area (Å²) in [6, 6.07) is 0. The monoisotopic (exact) mass is 166 g/mol. The topological polar surface area (TPSA) is 17.1 Å². The van der Waals surface area contributed by atoms with Crippen molar-refractivity contribution in [3.05, 3.63) is 24.3 Å². The number of hydrogen-bond donors (Lipinski definition) is 0. The largest absolute Gasteiger partial charge is 0.295 e. The normalized spacial score (nSPS) is 12.0. The van der Waals surface area contributed by atoms with Crippen LogP contribution in [0.15, 0.2) is 24.3 Å². The quantitative estimate of drug-likeness (QED) is 0.463. The number of carbonyl (C=O) groups excluding carboxylic acids is 1. The Labute approximate surface area is 75.2 Å². The SMILES string of the molecule is C=C(C)CC(C)(C)C=CC(C)=O. The number of carbonyl (C=O) groups is 1. The lowest BCUT2D eigenvalue weighted by atomic mass is 9.86. The first kappa shape index (κ1) is 11.2. The van der Waals surface area contributed by atoms with Gasteiger partial charge in [-0.1, -0.05) is 25.5 Å². The van der Waals surface area contributed by atoms with E-state index in [1.165, 1.54) is 0 Å². The maximum atomic E-state index is 10.7. The molecule has 0 bridgehead atoms. The van der Waals surface area contributed by atoms with Crippen LogP contribution in [0.5, 0.6) is 0 Å². The fraction of sp³-hybridized carbons (Fsp3) is 0.545. The number of allylic oxidation sites excluding steroid dienone is 3. The number of rotatable bonds is 4. The second-order valence-corrected chi connectivity index (χ2v) is 4.07. The highest BCUT2D eigenvalue weighted by Crippen LogP contribution is 2.25. The van der Waals surface area contributed by atoms with Crippen LogP contribution >= 0.6 is 0 Å². The van der Waals surface area contributed by atoms with E-state index < -0.39 is 0 Å². The van der Waals surface area contributed by atoms with E-state index in [1.54, 1.807) is 13.0 Å². The minimum Gasteiger partial charge on any atom is -0.295 e. The summed E-state index contributed by atoms with van der Waals surface area (Å²) in [5.74, 6) is 0.102. The van der Waals surface area contributed by atoms with Crippen LogP contribution in [0.4, 0.5) is 0 Å². The minimum atomic E-state index is 0.0531. The molecule has 0 aromatic carbocycles. The Morgan fingerprint density at radius 1 is 1.42 bits per heavy atom. The summed E-state index contributed by atoms with van der Waals surface area (Å²) >= 11 is 0. The van der Waals surface area contributed by atoms with Crippen molar-refractivity contribution < 1.29 is 4.79 Å². The second kappa shape index (κ2) is 4.24. The van der Waals surface area contributed by atoms with Gasteiger partial charge < -0.3 is 0 Å². The Kier molecular flexibility index (Phi) is 3.94. The van der Waals surface area contributed by atoms with Crippen LogP contribution in [0.1, 0.15) is 34.1 Å². The molecule has 12 heavy (non-hydrogen) atoms. The fourth-order valence-electron chi connectivity index (χ4n) is 1.18. The average molecular weight is 166 g/mol. The molecule has 0 saturated heterocycles. The van der Waals surface area contributed by atoms with E-state index in [9.17, 15) is 4.79 Å². The van der Waals surface area contributed by atoms with E-state index >= 15 is 0 Å². The van der Waals surface area contributed by atoms with Crippen molar-refractivity contribution >= 4 is 5.78 Å². The van der Waals surface area contributed by atoms with Gasteiger partial charge in [-0.2, -0.15) is 0 Å². The highest BCUT2D eigenvalue weighted by atomic mass is 16.1. The van der Waals surface area contributed by atoms with Crippen LogP contribution in [0.25, 0.3) is 0 Å². The van der Waals surface area contributed by atoms with Gasteiger partial charge in [0.2, 0.25) is 0 Å². The van der Waals surface area contributed by atoms with E-state index in [-0.39, 0.29) is 11.2 Å². The maximum absolute atomic E-state index is 10.7. The minimum absolute atomic E-state index is 0.0531. The zero-order valence-corrected chi connectivity index (χ0v) is 8.48. The third kappa shape index (κ3) is 5.90. The smallest absolute Gasteiger partial charge is 0.152 e. The lowest BCUT2D eigenvalue weighted by Crippen LogP contribution is -2.07. The Hall–Kier alpha value is -0.850. The standard InChI is InChI=1S/C11H18O/c1-9(2)8-11(4,5)7-6-10(3)12/h6-7H,1,8H2,2-5H3. The Bertz CT molecular complexity index is 209. The molecule has 0 radical (unpaired) electrons.